The first-order valence-electron chi connectivity index (χ1n) is 9.85. The quantitative estimate of drug-likeness (QED) is 0.558. The van der Waals surface area contributed by atoms with Crippen molar-refractivity contribution in [3.05, 3.63) is 82.9 Å². The van der Waals surface area contributed by atoms with E-state index < -0.39 is 10.0 Å². The minimum Gasteiger partial charge on any atom is -0.483 e. The molecule has 3 rings (SSSR count). The number of rotatable bonds is 7. The Balaban J connectivity index is 1.67. The molecule has 0 aliphatic rings. The van der Waals surface area contributed by atoms with Crippen molar-refractivity contribution in [1.29, 1.82) is 0 Å². The highest BCUT2D eigenvalue weighted by molar-refractivity contribution is 7.92. The Morgan fingerprint density at radius 1 is 0.839 bits per heavy atom. The van der Waals surface area contributed by atoms with E-state index in [0.29, 0.717) is 17.0 Å². The van der Waals surface area contributed by atoms with Gasteiger partial charge in [-0.05, 0) is 86.3 Å². The van der Waals surface area contributed by atoms with E-state index in [1.165, 1.54) is 12.1 Å². The molecule has 0 heterocycles. The van der Waals surface area contributed by atoms with E-state index in [0.717, 1.165) is 22.4 Å². The van der Waals surface area contributed by atoms with Crippen molar-refractivity contribution >= 4 is 27.3 Å². The second-order valence-electron chi connectivity index (χ2n) is 7.48. The van der Waals surface area contributed by atoms with E-state index in [9.17, 15) is 13.2 Å². The zero-order valence-electron chi connectivity index (χ0n) is 18.0. The predicted molar refractivity (Wildman–Crippen MR) is 123 cm³/mol. The van der Waals surface area contributed by atoms with E-state index in [1.54, 1.807) is 25.1 Å². The average molecular weight is 439 g/mol. The van der Waals surface area contributed by atoms with Gasteiger partial charge in [0.25, 0.3) is 15.9 Å². The molecule has 0 spiro atoms. The molecule has 0 unspecified atom stereocenters. The molecule has 162 valence electrons. The lowest BCUT2D eigenvalue weighted by Crippen LogP contribution is -2.21. The van der Waals surface area contributed by atoms with Gasteiger partial charge in [-0.25, -0.2) is 8.42 Å². The van der Waals surface area contributed by atoms with Crippen LogP contribution < -0.4 is 14.8 Å². The lowest BCUT2D eigenvalue weighted by atomic mass is 10.1. The van der Waals surface area contributed by atoms with Crippen LogP contribution in [0, 0.1) is 27.7 Å². The largest absolute Gasteiger partial charge is 0.483 e. The molecular formula is C24H26N2O4S. The fourth-order valence-electron chi connectivity index (χ4n) is 3.01. The molecule has 0 atom stereocenters. The first-order valence-corrected chi connectivity index (χ1v) is 11.3. The van der Waals surface area contributed by atoms with Crippen molar-refractivity contribution in [1.82, 2.24) is 0 Å². The third-order valence-electron chi connectivity index (χ3n) is 4.99. The van der Waals surface area contributed by atoms with E-state index in [1.807, 2.05) is 51.1 Å². The topological polar surface area (TPSA) is 84.5 Å². The number of hydrogen-bond acceptors (Lipinski definition) is 4. The standard InChI is InChI=1S/C24H26N2O4S/c1-16-9-10-20(13-18(16)3)26-31(28,29)21-11-12-23(19(4)14-21)30-15-24(27)25-22-8-6-5-7-17(22)2/h5-14,26H,15H2,1-4H3,(H,25,27). The maximum absolute atomic E-state index is 12.7. The van der Waals surface area contributed by atoms with Crippen molar-refractivity contribution in [3.8, 4) is 5.75 Å². The summed E-state index contributed by atoms with van der Waals surface area (Å²) in [5.41, 5.74) is 4.90. The number of ether oxygens (including phenoxy) is 1. The van der Waals surface area contributed by atoms with Crippen molar-refractivity contribution in [2.75, 3.05) is 16.6 Å². The summed E-state index contributed by atoms with van der Waals surface area (Å²) in [6, 6.07) is 17.4. The van der Waals surface area contributed by atoms with Crippen molar-refractivity contribution in [2.45, 2.75) is 32.6 Å². The third-order valence-corrected chi connectivity index (χ3v) is 6.37. The van der Waals surface area contributed by atoms with E-state index >= 15 is 0 Å². The number of hydrogen-bond donors (Lipinski definition) is 2. The van der Waals surface area contributed by atoms with Gasteiger partial charge in [-0.2, -0.15) is 0 Å². The molecule has 0 saturated heterocycles. The summed E-state index contributed by atoms with van der Waals surface area (Å²) >= 11 is 0. The molecule has 7 heteroatoms. The molecule has 1 amide bonds. The Morgan fingerprint density at radius 2 is 1.58 bits per heavy atom. The van der Waals surface area contributed by atoms with Gasteiger partial charge in [-0.3, -0.25) is 9.52 Å². The van der Waals surface area contributed by atoms with Crippen LogP contribution in [0.15, 0.2) is 65.6 Å². The van der Waals surface area contributed by atoms with Crippen molar-refractivity contribution in [2.24, 2.45) is 0 Å². The number of nitrogens with one attached hydrogen (secondary N) is 2. The SMILES string of the molecule is Cc1ccc(NS(=O)(=O)c2ccc(OCC(=O)Nc3ccccc3C)c(C)c2)cc1C. The maximum atomic E-state index is 12.7. The number of benzene rings is 3. The minimum atomic E-state index is -3.74. The molecule has 31 heavy (non-hydrogen) atoms. The van der Waals surface area contributed by atoms with Gasteiger partial charge < -0.3 is 10.1 Å². The Labute approximate surface area is 183 Å². The Morgan fingerprint density at radius 3 is 2.26 bits per heavy atom. The highest BCUT2D eigenvalue weighted by atomic mass is 32.2. The zero-order chi connectivity index (χ0) is 22.6. The molecule has 3 aromatic carbocycles. The summed E-state index contributed by atoms with van der Waals surface area (Å²) in [6.07, 6.45) is 0. The van der Waals surface area contributed by atoms with Gasteiger partial charge in [0.2, 0.25) is 0 Å². The normalized spacial score (nSPS) is 11.1. The third kappa shape index (κ3) is 5.64. The fourth-order valence-corrected chi connectivity index (χ4v) is 4.15. The lowest BCUT2D eigenvalue weighted by molar-refractivity contribution is -0.118. The number of sulfonamides is 1. The maximum Gasteiger partial charge on any atom is 0.262 e. The molecule has 0 aromatic heterocycles. The smallest absolute Gasteiger partial charge is 0.262 e. The van der Waals surface area contributed by atoms with Gasteiger partial charge >= 0.3 is 0 Å². The minimum absolute atomic E-state index is 0.125. The summed E-state index contributed by atoms with van der Waals surface area (Å²) < 4.78 is 33.7. The van der Waals surface area contributed by atoms with Crippen LogP contribution in [0.3, 0.4) is 0 Å². The number of aryl methyl sites for hydroxylation is 4. The van der Waals surface area contributed by atoms with Gasteiger partial charge in [0, 0.05) is 11.4 Å². The second-order valence-corrected chi connectivity index (χ2v) is 9.17. The summed E-state index contributed by atoms with van der Waals surface area (Å²) in [6.45, 7) is 7.37. The molecular weight excluding hydrogens is 412 g/mol. The van der Waals surface area contributed by atoms with Crippen molar-refractivity contribution < 1.29 is 17.9 Å². The molecule has 0 saturated carbocycles. The van der Waals surface area contributed by atoms with Gasteiger partial charge in [-0.1, -0.05) is 24.3 Å². The van der Waals surface area contributed by atoms with Crippen LogP contribution in [0.5, 0.6) is 5.75 Å². The summed E-state index contributed by atoms with van der Waals surface area (Å²) in [5, 5.41) is 2.80. The number of carbonyl (C=O) groups excluding carboxylic acids is 1. The Kier molecular flexibility index (Phi) is 6.65. The van der Waals surface area contributed by atoms with Crippen LogP contribution in [0.4, 0.5) is 11.4 Å². The highest BCUT2D eigenvalue weighted by Gasteiger charge is 2.16. The number of para-hydroxylation sites is 1. The van der Waals surface area contributed by atoms with Crippen molar-refractivity contribution in [3.63, 3.8) is 0 Å². The fraction of sp³-hybridized carbons (Fsp3) is 0.208. The first-order chi connectivity index (χ1) is 14.7. The number of amides is 1. The summed E-state index contributed by atoms with van der Waals surface area (Å²) in [5.74, 6) is 0.159. The second kappa shape index (κ2) is 9.22. The van der Waals surface area contributed by atoms with Crippen LogP contribution in [-0.2, 0) is 14.8 Å². The van der Waals surface area contributed by atoms with E-state index in [2.05, 4.69) is 10.0 Å². The molecule has 0 aliphatic heterocycles. The van der Waals surface area contributed by atoms with Gasteiger partial charge in [-0.15, -0.1) is 0 Å². The first kappa shape index (κ1) is 22.4. The Hall–Kier alpha value is -3.32. The molecule has 0 fully saturated rings. The van der Waals surface area contributed by atoms with E-state index in [4.69, 9.17) is 4.74 Å². The van der Waals surface area contributed by atoms with Gasteiger partial charge in [0.15, 0.2) is 6.61 Å². The summed E-state index contributed by atoms with van der Waals surface area (Å²) in [7, 11) is -3.74. The molecule has 2 N–H and O–H groups in total. The Bertz CT molecular complexity index is 1220. The van der Waals surface area contributed by atoms with Gasteiger partial charge in [0.05, 0.1) is 4.90 Å². The molecule has 0 radical (unpaired) electrons. The molecule has 0 bridgehead atoms. The number of anilines is 2. The van der Waals surface area contributed by atoms with Gasteiger partial charge in [0.1, 0.15) is 5.75 Å². The lowest BCUT2D eigenvalue weighted by Gasteiger charge is -2.13. The molecule has 3 aromatic rings. The zero-order valence-corrected chi connectivity index (χ0v) is 18.8. The van der Waals surface area contributed by atoms with Crippen LogP contribution in [0.25, 0.3) is 0 Å². The van der Waals surface area contributed by atoms with E-state index in [-0.39, 0.29) is 17.4 Å². The highest BCUT2D eigenvalue weighted by Crippen LogP contribution is 2.24. The summed E-state index contributed by atoms with van der Waals surface area (Å²) in [4.78, 5) is 12.3. The van der Waals surface area contributed by atoms with Crippen LogP contribution in [-0.4, -0.2) is 20.9 Å². The average Bonchev–Trinajstić information content (AvgIpc) is 2.71. The van der Waals surface area contributed by atoms with Crippen LogP contribution in [0.2, 0.25) is 0 Å². The molecule has 6 nitrogen and oxygen atoms in total. The number of carbonyl (C=O) groups is 1. The monoisotopic (exact) mass is 438 g/mol. The van der Waals surface area contributed by atoms with Crippen LogP contribution in [0.1, 0.15) is 22.3 Å². The van der Waals surface area contributed by atoms with Crippen LogP contribution >= 0.6 is 0 Å². The molecule has 0 aliphatic carbocycles. The predicted octanol–water partition coefficient (Wildman–Crippen LogP) is 4.74.